The van der Waals surface area contributed by atoms with Crippen LogP contribution in [0, 0.1) is 11.6 Å². The standard InChI is InChI=1S/C11H9F2N/c12-10-4-3-9(11(13)7-10)8-14-5-1-2-6-14/h1-7H,8H2. The highest BCUT2D eigenvalue weighted by Gasteiger charge is 2.03. The van der Waals surface area contributed by atoms with Gasteiger partial charge in [0.25, 0.3) is 0 Å². The predicted octanol–water partition coefficient (Wildman–Crippen LogP) is 2.81. The number of aromatic nitrogens is 1. The van der Waals surface area contributed by atoms with Crippen molar-refractivity contribution in [1.82, 2.24) is 4.57 Å². The number of rotatable bonds is 2. The van der Waals surface area contributed by atoms with Gasteiger partial charge < -0.3 is 4.57 Å². The van der Waals surface area contributed by atoms with Crippen LogP contribution >= 0.6 is 0 Å². The van der Waals surface area contributed by atoms with Gasteiger partial charge in [0.2, 0.25) is 0 Å². The van der Waals surface area contributed by atoms with E-state index < -0.39 is 11.6 Å². The lowest BCUT2D eigenvalue weighted by atomic mass is 10.2. The first-order valence-corrected chi connectivity index (χ1v) is 4.30. The van der Waals surface area contributed by atoms with E-state index in [0.29, 0.717) is 12.1 Å². The average molecular weight is 193 g/mol. The Hall–Kier alpha value is -1.64. The van der Waals surface area contributed by atoms with Gasteiger partial charge in [0.1, 0.15) is 11.6 Å². The molecule has 0 saturated heterocycles. The van der Waals surface area contributed by atoms with Gasteiger partial charge in [-0.25, -0.2) is 8.78 Å². The molecule has 0 aliphatic rings. The quantitative estimate of drug-likeness (QED) is 0.691. The summed E-state index contributed by atoms with van der Waals surface area (Å²) >= 11 is 0. The van der Waals surface area contributed by atoms with Crippen molar-refractivity contribution in [3.05, 3.63) is 59.9 Å². The van der Waals surface area contributed by atoms with E-state index in [9.17, 15) is 8.78 Å². The number of hydrogen-bond acceptors (Lipinski definition) is 0. The summed E-state index contributed by atoms with van der Waals surface area (Å²) in [4.78, 5) is 0. The molecule has 1 aromatic heterocycles. The summed E-state index contributed by atoms with van der Waals surface area (Å²) in [6, 6.07) is 7.36. The number of benzene rings is 1. The van der Waals surface area contributed by atoms with E-state index >= 15 is 0 Å². The SMILES string of the molecule is Fc1ccc(Cn2cccc2)c(F)c1. The van der Waals surface area contributed by atoms with Crippen molar-refractivity contribution < 1.29 is 8.78 Å². The summed E-state index contributed by atoms with van der Waals surface area (Å²) in [5, 5.41) is 0. The third kappa shape index (κ3) is 1.82. The molecule has 14 heavy (non-hydrogen) atoms. The Kier molecular flexibility index (Phi) is 2.31. The van der Waals surface area contributed by atoms with Crippen molar-refractivity contribution in [3.63, 3.8) is 0 Å². The first-order chi connectivity index (χ1) is 6.75. The van der Waals surface area contributed by atoms with Crippen LogP contribution < -0.4 is 0 Å². The van der Waals surface area contributed by atoms with E-state index in [1.54, 1.807) is 0 Å². The van der Waals surface area contributed by atoms with E-state index in [1.807, 2.05) is 29.1 Å². The fourth-order valence-corrected chi connectivity index (χ4v) is 1.32. The van der Waals surface area contributed by atoms with Gasteiger partial charge in [-0.05, 0) is 18.2 Å². The molecule has 0 atom stereocenters. The zero-order chi connectivity index (χ0) is 9.97. The summed E-state index contributed by atoms with van der Waals surface area (Å²) in [5.41, 5.74) is 0.489. The lowest BCUT2D eigenvalue weighted by molar-refractivity contribution is 0.566. The molecule has 0 N–H and O–H groups in total. The van der Waals surface area contributed by atoms with Crippen LogP contribution in [0.25, 0.3) is 0 Å². The van der Waals surface area contributed by atoms with Gasteiger partial charge in [0.05, 0.1) is 0 Å². The van der Waals surface area contributed by atoms with Gasteiger partial charge in [-0.15, -0.1) is 0 Å². The van der Waals surface area contributed by atoms with Crippen LogP contribution in [-0.2, 0) is 6.54 Å². The van der Waals surface area contributed by atoms with Gasteiger partial charge in [-0.2, -0.15) is 0 Å². The molecule has 0 radical (unpaired) electrons. The van der Waals surface area contributed by atoms with Crippen molar-refractivity contribution in [1.29, 1.82) is 0 Å². The van der Waals surface area contributed by atoms with Crippen LogP contribution in [0.5, 0.6) is 0 Å². The first-order valence-electron chi connectivity index (χ1n) is 4.30. The summed E-state index contributed by atoms with van der Waals surface area (Å²) in [7, 11) is 0. The minimum absolute atomic E-state index is 0.430. The van der Waals surface area contributed by atoms with Crippen LogP contribution in [0.1, 0.15) is 5.56 Å². The summed E-state index contributed by atoms with van der Waals surface area (Å²) < 4.78 is 27.6. The summed E-state index contributed by atoms with van der Waals surface area (Å²) in [5.74, 6) is -1.04. The van der Waals surface area contributed by atoms with E-state index in [0.717, 1.165) is 6.07 Å². The minimum Gasteiger partial charge on any atom is -0.350 e. The van der Waals surface area contributed by atoms with E-state index in [4.69, 9.17) is 0 Å². The van der Waals surface area contributed by atoms with Crippen molar-refractivity contribution in [2.24, 2.45) is 0 Å². The fraction of sp³-hybridized carbons (Fsp3) is 0.0909. The molecule has 0 fully saturated rings. The second-order valence-corrected chi connectivity index (χ2v) is 3.09. The van der Waals surface area contributed by atoms with Crippen molar-refractivity contribution in [2.45, 2.75) is 6.54 Å². The molecule has 0 amide bonds. The third-order valence-electron chi connectivity index (χ3n) is 2.03. The van der Waals surface area contributed by atoms with E-state index in [1.165, 1.54) is 12.1 Å². The Balaban J connectivity index is 2.25. The van der Waals surface area contributed by atoms with Crippen molar-refractivity contribution in [2.75, 3.05) is 0 Å². The highest BCUT2D eigenvalue weighted by Crippen LogP contribution is 2.11. The minimum atomic E-state index is -0.543. The van der Waals surface area contributed by atoms with Crippen LogP contribution in [0.3, 0.4) is 0 Å². The molecule has 2 aromatic rings. The Labute approximate surface area is 80.6 Å². The molecule has 0 aliphatic heterocycles. The largest absolute Gasteiger partial charge is 0.350 e. The second-order valence-electron chi connectivity index (χ2n) is 3.09. The Morgan fingerprint density at radius 3 is 2.43 bits per heavy atom. The highest BCUT2D eigenvalue weighted by molar-refractivity contribution is 5.19. The third-order valence-corrected chi connectivity index (χ3v) is 2.03. The zero-order valence-electron chi connectivity index (χ0n) is 7.45. The van der Waals surface area contributed by atoms with Crippen LogP contribution in [0.15, 0.2) is 42.7 Å². The molecule has 3 heteroatoms. The molecular formula is C11H9F2N. The summed E-state index contributed by atoms with van der Waals surface area (Å²) in [6.45, 7) is 0.430. The molecule has 1 nitrogen and oxygen atoms in total. The fourth-order valence-electron chi connectivity index (χ4n) is 1.32. The second kappa shape index (κ2) is 3.62. The van der Waals surface area contributed by atoms with Gasteiger partial charge in [-0.3, -0.25) is 0 Å². The van der Waals surface area contributed by atoms with Crippen molar-refractivity contribution >= 4 is 0 Å². The molecule has 0 saturated carbocycles. The highest BCUT2D eigenvalue weighted by atomic mass is 19.1. The lowest BCUT2D eigenvalue weighted by Gasteiger charge is -2.04. The number of halogens is 2. The molecule has 0 unspecified atom stereocenters. The normalized spacial score (nSPS) is 10.4. The van der Waals surface area contributed by atoms with Gasteiger partial charge in [0, 0.05) is 30.6 Å². The molecule has 0 aliphatic carbocycles. The van der Waals surface area contributed by atoms with Gasteiger partial charge >= 0.3 is 0 Å². The maximum atomic E-state index is 13.2. The van der Waals surface area contributed by atoms with E-state index in [-0.39, 0.29) is 0 Å². The van der Waals surface area contributed by atoms with Crippen LogP contribution in [0.2, 0.25) is 0 Å². The molecule has 1 heterocycles. The Morgan fingerprint density at radius 2 is 1.79 bits per heavy atom. The first kappa shape index (κ1) is 8.94. The number of nitrogens with zero attached hydrogens (tertiary/aromatic N) is 1. The zero-order valence-corrected chi connectivity index (χ0v) is 7.45. The summed E-state index contributed by atoms with van der Waals surface area (Å²) in [6.07, 6.45) is 3.67. The maximum Gasteiger partial charge on any atom is 0.131 e. The average Bonchev–Trinajstić information content (AvgIpc) is 2.62. The molecule has 72 valence electrons. The van der Waals surface area contributed by atoms with Crippen molar-refractivity contribution in [3.8, 4) is 0 Å². The van der Waals surface area contributed by atoms with Gasteiger partial charge in [-0.1, -0.05) is 6.07 Å². The smallest absolute Gasteiger partial charge is 0.131 e. The van der Waals surface area contributed by atoms with Crippen LogP contribution in [0.4, 0.5) is 8.78 Å². The molecule has 0 bridgehead atoms. The van der Waals surface area contributed by atoms with Crippen LogP contribution in [-0.4, -0.2) is 4.57 Å². The van der Waals surface area contributed by atoms with E-state index in [2.05, 4.69) is 0 Å². The molecule has 2 rings (SSSR count). The molecular weight excluding hydrogens is 184 g/mol. The predicted molar refractivity (Wildman–Crippen MR) is 49.9 cm³/mol. The molecule has 1 aromatic carbocycles. The maximum absolute atomic E-state index is 13.2. The monoisotopic (exact) mass is 193 g/mol. The molecule has 0 spiro atoms. The topological polar surface area (TPSA) is 4.93 Å². The lowest BCUT2D eigenvalue weighted by Crippen LogP contribution is -1.99. The Bertz CT molecular complexity index is 421. The van der Waals surface area contributed by atoms with Gasteiger partial charge in [0.15, 0.2) is 0 Å². The Morgan fingerprint density at radius 1 is 1.07 bits per heavy atom. The number of hydrogen-bond donors (Lipinski definition) is 0.